The Hall–Kier alpha value is -3.82. The van der Waals surface area contributed by atoms with Gasteiger partial charge in [0.2, 0.25) is 11.9 Å². The van der Waals surface area contributed by atoms with Crippen molar-refractivity contribution in [2.24, 2.45) is 0 Å². The van der Waals surface area contributed by atoms with E-state index in [1.165, 1.54) is 0 Å². The fourth-order valence-corrected chi connectivity index (χ4v) is 2.35. The number of hydrogen-bond acceptors (Lipinski definition) is 7. The Morgan fingerprint density at radius 3 is 2.76 bits per heavy atom. The lowest BCUT2D eigenvalue weighted by molar-refractivity contribution is 0.517. The minimum atomic E-state index is -0.546. The third-order valence-electron chi connectivity index (χ3n) is 3.43. The van der Waals surface area contributed by atoms with Crippen LogP contribution >= 0.6 is 0 Å². The van der Waals surface area contributed by atoms with Crippen molar-refractivity contribution in [1.29, 1.82) is 0 Å². The maximum Gasteiger partial charge on any atom is 0.351 e. The molecule has 0 spiro atoms. The molecule has 5 N–H and O–H groups in total. The van der Waals surface area contributed by atoms with Gasteiger partial charge in [-0.2, -0.15) is 9.97 Å². The molecule has 3 heterocycles. The van der Waals surface area contributed by atoms with Gasteiger partial charge in [-0.25, -0.2) is 9.59 Å². The van der Waals surface area contributed by atoms with Crippen LogP contribution in [0.5, 0.6) is 0 Å². The molecule has 10 heteroatoms. The number of benzene rings is 1. The average Bonchev–Trinajstić information content (AvgIpc) is 3.20. The molecule has 0 atom stereocenters. The quantitative estimate of drug-likeness (QED) is 0.368. The molecule has 0 radical (unpaired) electrons. The molecule has 0 fully saturated rings. The molecule has 25 heavy (non-hydrogen) atoms. The van der Waals surface area contributed by atoms with E-state index in [1.54, 1.807) is 36.6 Å². The minimum absolute atomic E-state index is 0.166. The molecule has 0 saturated carbocycles. The highest BCUT2D eigenvalue weighted by molar-refractivity contribution is 5.79. The number of aromatic amines is 3. The summed E-state index contributed by atoms with van der Waals surface area (Å²) in [6.07, 6.45) is 1.56. The van der Waals surface area contributed by atoms with Crippen molar-refractivity contribution in [2.45, 2.75) is 6.54 Å². The zero-order valence-electron chi connectivity index (χ0n) is 12.8. The van der Waals surface area contributed by atoms with Gasteiger partial charge in [0, 0.05) is 5.69 Å². The molecule has 0 aliphatic rings. The number of anilines is 3. The smallest absolute Gasteiger partial charge is 0.351 e. The van der Waals surface area contributed by atoms with Crippen LogP contribution in [0.3, 0.4) is 0 Å². The van der Waals surface area contributed by atoms with Gasteiger partial charge in [-0.3, -0.25) is 4.98 Å². The third kappa shape index (κ3) is 3.27. The van der Waals surface area contributed by atoms with Gasteiger partial charge in [0.25, 0.3) is 0 Å². The molecule has 4 rings (SSSR count). The summed E-state index contributed by atoms with van der Waals surface area (Å²) in [6, 6.07) is 8.79. The van der Waals surface area contributed by atoms with Gasteiger partial charge in [-0.05, 0) is 30.3 Å². The summed E-state index contributed by atoms with van der Waals surface area (Å²) in [7, 11) is 0. The van der Waals surface area contributed by atoms with Crippen LogP contribution in [0.2, 0.25) is 0 Å². The molecule has 0 aliphatic heterocycles. The Morgan fingerprint density at radius 1 is 1.04 bits per heavy atom. The summed E-state index contributed by atoms with van der Waals surface area (Å²) in [6.45, 7) is 0.354. The van der Waals surface area contributed by atoms with E-state index in [0.717, 1.165) is 0 Å². The number of nitrogens with one attached hydrogen (secondary N) is 5. The van der Waals surface area contributed by atoms with E-state index in [-0.39, 0.29) is 17.6 Å². The number of rotatable bonds is 5. The summed E-state index contributed by atoms with van der Waals surface area (Å²) in [4.78, 5) is 38.8. The van der Waals surface area contributed by atoms with Crippen LogP contribution in [-0.4, -0.2) is 24.9 Å². The van der Waals surface area contributed by atoms with Crippen LogP contribution in [-0.2, 0) is 6.54 Å². The molecule has 3 aromatic heterocycles. The summed E-state index contributed by atoms with van der Waals surface area (Å²) in [5.74, 6) is 1.08. The van der Waals surface area contributed by atoms with E-state index in [0.29, 0.717) is 29.0 Å². The Labute approximate surface area is 139 Å². The largest absolute Gasteiger partial charge is 0.467 e. The molecular weight excluding hydrogens is 326 g/mol. The lowest BCUT2D eigenvalue weighted by Gasteiger charge is -2.07. The van der Waals surface area contributed by atoms with Crippen LogP contribution < -0.4 is 22.0 Å². The first-order chi connectivity index (χ1) is 12.2. The van der Waals surface area contributed by atoms with E-state index >= 15 is 0 Å². The highest BCUT2D eigenvalue weighted by Gasteiger charge is 2.06. The Morgan fingerprint density at radius 2 is 1.92 bits per heavy atom. The van der Waals surface area contributed by atoms with Gasteiger partial charge in [0.15, 0.2) is 0 Å². The lowest BCUT2D eigenvalue weighted by atomic mass is 10.3. The highest BCUT2D eigenvalue weighted by Crippen LogP contribution is 2.17. The number of aromatic nitrogens is 5. The zero-order valence-corrected chi connectivity index (χ0v) is 12.8. The summed E-state index contributed by atoms with van der Waals surface area (Å²) >= 11 is 0. The number of hydrogen-bond donors (Lipinski definition) is 5. The van der Waals surface area contributed by atoms with E-state index in [2.05, 4.69) is 35.6 Å². The van der Waals surface area contributed by atoms with E-state index in [9.17, 15) is 9.59 Å². The van der Waals surface area contributed by atoms with Crippen LogP contribution in [0.15, 0.2) is 50.6 Å². The Bertz CT molecular complexity index is 1120. The predicted molar refractivity (Wildman–Crippen MR) is 90.9 cm³/mol. The molecular formula is C15H13N7O3. The lowest BCUT2D eigenvalue weighted by Crippen LogP contribution is -2.17. The average molecular weight is 339 g/mol. The Balaban J connectivity index is 1.56. The normalized spacial score (nSPS) is 10.9. The minimum Gasteiger partial charge on any atom is -0.467 e. The highest BCUT2D eigenvalue weighted by atomic mass is 16.3. The van der Waals surface area contributed by atoms with E-state index < -0.39 is 5.69 Å². The van der Waals surface area contributed by atoms with Crippen LogP contribution in [0.1, 0.15) is 5.76 Å². The van der Waals surface area contributed by atoms with E-state index in [4.69, 9.17) is 4.42 Å². The van der Waals surface area contributed by atoms with Crippen molar-refractivity contribution >= 4 is 28.6 Å². The summed E-state index contributed by atoms with van der Waals surface area (Å²) < 4.78 is 5.20. The van der Waals surface area contributed by atoms with Gasteiger partial charge in [0.05, 0.1) is 23.8 Å². The SMILES string of the molecule is O=c1nc(NCc2ccco2)nc(Nc2ccc3[nH]c(=O)[nH]c3c2)[nH]1. The fourth-order valence-electron chi connectivity index (χ4n) is 2.35. The van der Waals surface area contributed by atoms with Gasteiger partial charge in [-0.1, -0.05) is 0 Å². The van der Waals surface area contributed by atoms with Crippen molar-refractivity contribution in [3.05, 3.63) is 63.3 Å². The second kappa shape index (κ2) is 6.00. The Kier molecular flexibility index (Phi) is 3.54. The third-order valence-corrected chi connectivity index (χ3v) is 3.43. The van der Waals surface area contributed by atoms with Gasteiger partial charge in [-0.15, -0.1) is 0 Å². The van der Waals surface area contributed by atoms with Crippen LogP contribution in [0, 0.1) is 0 Å². The summed E-state index contributed by atoms with van der Waals surface area (Å²) in [5, 5.41) is 5.89. The van der Waals surface area contributed by atoms with Crippen molar-refractivity contribution in [2.75, 3.05) is 10.6 Å². The predicted octanol–water partition coefficient (Wildman–Crippen LogP) is 1.28. The molecule has 126 valence electrons. The molecule has 0 amide bonds. The van der Waals surface area contributed by atoms with Gasteiger partial charge < -0.3 is 25.0 Å². The van der Waals surface area contributed by atoms with Crippen LogP contribution in [0.25, 0.3) is 11.0 Å². The second-order valence-electron chi connectivity index (χ2n) is 5.22. The van der Waals surface area contributed by atoms with Crippen molar-refractivity contribution < 1.29 is 4.42 Å². The molecule has 0 unspecified atom stereocenters. The monoisotopic (exact) mass is 339 g/mol. The first kappa shape index (κ1) is 14.8. The van der Waals surface area contributed by atoms with Crippen LogP contribution in [0.4, 0.5) is 17.6 Å². The molecule has 4 aromatic rings. The number of imidazole rings is 1. The molecule has 0 saturated heterocycles. The molecule has 1 aromatic carbocycles. The number of fused-ring (bicyclic) bond motifs is 1. The van der Waals surface area contributed by atoms with Crippen molar-refractivity contribution in [3.8, 4) is 0 Å². The maximum atomic E-state index is 11.7. The standard InChI is InChI=1S/C15H13N7O3/c23-14-18-10-4-3-8(6-11(10)19-14)17-13-20-12(21-15(24)22-13)16-7-9-2-1-5-25-9/h1-6H,7H2,(H2,18,19,23)(H3,16,17,20,21,22,24). The second-order valence-corrected chi connectivity index (χ2v) is 5.22. The maximum absolute atomic E-state index is 11.7. The number of H-pyrrole nitrogens is 3. The van der Waals surface area contributed by atoms with Crippen molar-refractivity contribution in [3.63, 3.8) is 0 Å². The first-order valence-corrected chi connectivity index (χ1v) is 7.39. The van der Waals surface area contributed by atoms with Gasteiger partial charge >= 0.3 is 11.4 Å². The summed E-state index contributed by atoms with van der Waals surface area (Å²) in [5.41, 5.74) is 1.15. The van der Waals surface area contributed by atoms with Gasteiger partial charge in [0.1, 0.15) is 5.76 Å². The first-order valence-electron chi connectivity index (χ1n) is 7.39. The number of nitrogens with zero attached hydrogens (tertiary/aromatic N) is 2. The topological polar surface area (TPSA) is 144 Å². The molecule has 0 aliphatic carbocycles. The molecule has 10 nitrogen and oxygen atoms in total. The fraction of sp³-hybridized carbons (Fsp3) is 0.0667. The van der Waals surface area contributed by atoms with E-state index in [1.807, 2.05) is 0 Å². The van der Waals surface area contributed by atoms with Crippen molar-refractivity contribution in [1.82, 2.24) is 24.9 Å². The molecule has 0 bridgehead atoms. The zero-order chi connectivity index (χ0) is 17.2. The number of furan rings is 1.